The summed E-state index contributed by atoms with van der Waals surface area (Å²) in [5, 5.41) is 27.0. The first-order valence-corrected chi connectivity index (χ1v) is 11.2. The fraction of sp³-hybridized carbons (Fsp3) is 0.417. The summed E-state index contributed by atoms with van der Waals surface area (Å²) in [7, 11) is 0. The van der Waals surface area contributed by atoms with Crippen molar-refractivity contribution in [2.45, 2.75) is 58.2 Å². The molecule has 3 heterocycles. The molecule has 166 valence electrons. The van der Waals surface area contributed by atoms with Crippen LogP contribution in [0.25, 0.3) is 11.0 Å². The molecule has 5 rings (SSSR count). The molecule has 1 aliphatic carbocycles. The van der Waals surface area contributed by atoms with Crippen molar-refractivity contribution in [3.63, 3.8) is 0 Å². The quantitative estimate of drug-likeness (QED) is 0.582. The van der Waals surface area contributed by atoms with Crippen LogP contribution in [-0.2, 0) is 13.0 Å². The Balaban J connectivity index is 0.00000119. The van der Waals surface area contributed by atoms with E-state index in [0.717, 1.165) is 31.6 Å². The van der Waals surface area contributed by atoms with E-state index < -0.39 is 11.7 Å². The van der Waals surface area contributed by atoms with Gasteiger partial charge in [0.1, 0.15) is 17.3 Å². The number of aliphatic hydroxyl groups is 1. The van der Waals surface area contributed by atoms with Crippen molar-refractivity contribution in [2.24, 2.45) is 0 Å². The highest BCUT2D eigenvalue weighted by Crippen LogP contribution is 2.31. The molecule has 0 radical (unpaired) electrons. The van der Waals surface area contributed by atoms with Gasteiger partial charge in [-0.2, -0.15) is 10.2 Å². The molecular weight excluding hydrogens is 404 g/mol. The number of fused-ring (bicyclic) bond motifs is 2. The second-order valence-corrected chi connectivity index (χ2v) is 7.92. The first-order chi connectivity index (χ1) is 15.6. The van der Waals surface area contributed by atoms with Crippen molar-refractivity contribution < 1.29 is 5.11 Å². The Bertz CT molecular complexity index is 1230. The molecule has 8 heteroatoms. The van der Waals surface area contributed by atoms with Crippen LogP contribution >= 0.6 is 0 Å². The molecule has 3 aromatic rings. The normalized spacial score (nSPS) is 19.6. The minimum atomic E-state index is -0.625. The van der Waals surface area contributed by atoms with Crippen LogP contribution in [0.5, 0.6) is 0 Å². The summed E-state index contributed by atoms with van der Waals surface area (Å²) in [6, 6.07) is 9.29. The van der Waals surface area contributed by atoms with E-state index in [1.54, 1.807) is 6.20 Å². The zero-order valence-corrected chi connectivity index (χ0v) is 18.4. The van der Waals surface area contributed by atoms with Gasteiger partial charge < -0.3 is 15.7 Å². The van der Waals surface area contributed by atoms with Gasteiger partial charge in [-0.05, 0) is 61.6 Å². The van der Waals surface area contributed by atoms with Crippen molar-refractivity contribution in [3.05, 3.63) is 57.5 Å². The molecule has 0 saturated heterocycles. The number of nitriles is 1. The van der Waals surface area contributed by atoms with Crippen LogP contribution in [0.2, 0.25) is 0 Å². The lowest BCUT2D eigenvalue weighted by atomic mass is 10.0. The summed E-state index contributed by atoms with van der Waals surface area (Å²) >= 11 is 0. The summed E-state index contributed by atoms with van der Waals surface area (Å²) in [5.74, 6) is 0.377. The van der Waals surface area contributed by atoms with Gasteiger partial charge in [0.15, 0.2) is 0 Å². The molecule has 0 bridgehead atoms. The maximum atomic E-state index is 12.9. The lowest BCUT2D eigenvalue weighted by Gasteiger charge is -2.20. The van der Waals surface area contributed by atoms with E-state index in [0.29, 0.717) is 29.8 Å². The van der Waals surface area contributed by atoms with E-state index in [4.69, 9.17) is 0 Å². The third-order valence-electron chi connectivity index (χ3n) is 6.02. The van der Waals surface area contributed by atoms with Gasteiger partial charge in [-0.15, -0.1) is 0 Å². The molecule has 0 spiro atoms. The molecule has 2 unspecified atom stereocenters. The monoisotopic (exact) mass is 432 g/mol. The second kappa shape index (κ2) is 9.47. The van der Waals surface area contributed by atoms with Gasteiger partial charge in [-0.25, -0.2) is 4.98 Å². The molecule has 1 fully saturated rings. The first-order valence-electron chi connectivity index (χ1n) is 11.2. The van der Waals surface area contributed by atoms with E-state index in [1.165, 1.54) is 21.8 Å². The molecule has 1 aliphatic heterocycles. The lowest BCUT2D eigenvalue weighted by Crippen LogP contribution is -2.31. The van der Waals surface area contributed by atoms with E-state index in [9.17, 15) is 15.2 Å². The number of hydrogen-bond acceptors (Lipinski definition) is 7. The van der Waals surface area contributed by atoms with Gasteiger partial charge in [-0.3, -0.25) is 9.36 Å². The highest BCUT2D eigenvalue weighted by molar-refractivity contribution is 5.77. The van der Waals surface area contributed by atoms with E-state index >= 15 is 0 Å². The summed E-state index contributed by atoms with van der Waals surface area (Å²) in [5.41, 5.74) is 3.53. The van der Waals surface area contributed by atoms with E-state index in [1.807, 2.05) is 26.0 Å². The van der Waals surface area contributed by atoms with Crippen LogP contribution in [0.1, 0.15) is 55.8 Å². The highest BCUT2D eigenvalue weighted by Gasteiger charge is 2.30. The van der Waals surface area contributed by atoms with Gasteiger partial charge in [0.05, 0.1) is 12.1 Å². The minimum Gasteiger partial charge on any atom is -0.391 e. The molecule has 2 aromatic heterocycles. The number of aromatic nitrogens is 3. The van der Waals surface area contributed by atoms with E-state index in [2.05, 4.69) is 32.7 Å². The lowest BCUT2D eigenvalue weighted by molar-refractivity contribution is 0.136. The molecule has 0 amide bonds. The SMILES string of the molecule is CC.N#Cc1cc2cnc(Nc3ccc4c(c3)CCNC4)nc2n(C2CCCC2O)c1=O. The smallest absolute Gasteiger partial charge is 0.270 e. The van der Waals surface area contributed by atoms with Crippen LogP contribution in [0.4, 0.5) is 11.6 Å². The minimum absolute atomic E-state index is 0.0363. The zero-order chi connectivity index (χ0) is 22.7. The Morgan fingerprint density at radius 2 is 2.09 bits per heavy atom. The average molecular weight is 433 g/mol. The maximum absolute atomic E-state index is 12.9. The Morgan fingerprint density at radius 3 is 2.84 bits per heavy atom. The zero-order valence-electron chi connectivity index (χ0n) is 18.4. The van der Waals surface area contributed by atoms with Crippen LogP contribution in [0.15, 0.2) is 35.3 Å². The molecule has 3 N–H and O–H groups in total. The maximum Gasteiger partial charge on any atom is 0.270 e. The number of pyridine rings is 1. The molecule has 32 heavy (non-hydrogen) atoms. The van der Waals surface area contributed by atoms with Gasteiger partial charge in [0, 0.05) is 23.8 Å². The van der Waals surface area contributed by atoms with Crippen molar-refractivity contribution in [3.8, 4) is 6.07 Å². The number of benzene rings is 1. The number of rotatable bonds is 3. The van der Waals surface area contributed by atoms with Crippen LogP contribution < -0.4 is 16.2 Å². The molecular formula is C24H28N6O2. The van der Waals surface area contributed by atoms with Gasteiger partial charge >= 0.3 is 0 Å². The topological polar surface area (TPSA) is 116 Å². The van der Waals surface area contributed by atoms with Crippen molar-refractivity contribution in [1.82, 2.24) is 19.9 Å². The average Bonchev–Trinajstić information content (AvgIpc) is 3.25. The predicted octanol–water partition coefficient (Wildman–Crippen LogP) is 3.16. The largest absolute Gasteiger partial charge is 0.391 e. The number of aliphatic hydroxyl groups excluding tert-OH is 1. The molecule has 2 aliphatic rings. The van der Waals surface area contributed by atoms with Gasteiger partial charge in [-0.1, -0.05) is 19.9 Å². The summed E-state index contributed by atoms with van der Waals surface area (Å²) in [6.45, 7) is 5.83. The third-order valence-corrected chi connectivity index (χ3v) is 6.02. The molecule has 2 atom stereocenters. The van der Waals surface area contributed by atoms with Crippen molar-refractivity contribution in [2.75, 3.05) is 11.9 Å². The Kier molecular flexibility index (Phi) is 6.49. The Morgan fingerprint density at radius 1 is 1.25 bits per heavy atom. The summed E-state index contributed by atoms with van der Waals surface area (Å²) < 4.78 is 1.48. The predicted molar refractivity (Wildman–Crippen MR) is 124 cm³/mol. The number of nitrogens with one attached hydrogen (secondary N) is 2. The molecule has 1 aromatic carbocycles. The highest BCUT2D eigenvalue weighted by atomic mass is 16.3. The van der Waals surface area contributed by atoms with Crippen LogP contribution in [-0.4, -0.2) is 32.3 Å². The molecule has 8 nitrogen and oxygen atoms in total. The number of anilines is 2. The van der Waals surface area contributed by atoms with Crippen molar-refractivity contribution in [1.29, 1.82) is 5.26 Å². The van der Waals surface area contributed by atoms with Crippen LogP contribution in [0, 0.1) is 11.3 Å². The fourth-order valence-corrected chi connectivity index (χ4v) is 4.47. The fourth-order valence-electron chi connectivity index (χ4n) is 4.47. The Labute approximate surface area is 186 Å². The van der Waals surface area contributed by atoms with Crippen LogP contribution in [0.3, 0.4) is 0 Å². The van der Waals surface area contributed by atoms with E-state index in [-0.39, 0.29) is 11.6 Å². The summed E-state index contributed by atoms with van der Waals surface area (Å²) in [4.78, 5) is 21.9. The van der Waals surface area contributed by atoms with Gasteiger partial charge in [0.2, 0.25) is 5.95 Å². The standard InChI is InChI=1S/C22H22N6O2.C2H6/c23-10-15-8-16-12-25-22(26-17-5-4-14-11-24-7-6-13(14)9-17)27-20(16)28(21(15)30)18-2-1-3-19(18)29;1-2/h4-5,8-9,12,18-19,24,29H,1-3,6-7,11H2,(H,25,26,27);1-2H3. The first kappa shape index (κ1) is 21.9. The molecule has 1 saturated carbocycles. The second-order valence-electron chi connectivity index (χ2n) is 7.92. The Hall–Kier alpha value is -3.28. The van der Waals surface area contributed by atoms with Crippen molar-refractivity contribution >= 4 is 22.7 Å². The van der Waals surface area contributed by atoms with Gasteiger partial charge in [0.25, 0.3) is 5.56 Å². The number of hydrogen-bond donors (Lipinski definition) is 3. The summed E-state index contributed by atoms with van der Waals surface area (Å²) in [6.07, 6.45) is 4.11. The number of nitrogens with zero attached hydrogens (tertiary/aromatic N) is 4. The third kappa shape index (κ3) is 4.09.